The highest BCUT2D eigenvalue weighted by atomic mass is 16.2. The summed E-state index contributed by atoms with van der Waals surface area (Å²) in [5.41, 5.74) is 1.60. The Hall–Kier alpha value is -1.61. The Balaban J connectivity index is 1.70. The molecule has 1 aliphatic heterocycles. The van der Waals surface area contributed by atoms with Crippen molar-refractivity contribution in [2.75, 3.05) is 19.6 Å². The zero-order valence-corrected chi connectivity index (χ0v) is 14.7. The van der Waals surface area contributed by atoms with Crippen molar-refractivity contribution in [2.24, 2.45) is 0 Å². The Morgan fingerprint density at radius 2 is 2.00 bits per heavy atom. The summed E-state index contributed by atoms with van der Waals surface area (Å²) in [5, 5.41) is 3.38. The second-order valence-electron chi connectivity index (χ2n) is 7.35. The third kappa shape index (κ3) is 3.72. The highest BCUT2D eigenvalue weighted by Crippen LogP contribution is 2.43. The molecule has 1 atom stereocenters. The number of carbonyl (C=O) groups excluding carboxylic acids is 1. The normalized spacial score (nSPS) is 22.9. The number of nitrogens with zero attached hydrogens (tertiary/aromatic N) is 1. The maximum Gasteiger partial charge on any atom is 0.222 e. The van der Waals surface area contributed by atoms with E-state index in [4.69, 9.17) is 0 Å². The molecule has 1 saturated heterocycles. The van der Waals surface area contributed by atoms with E-state index in [9.17, 15) is 4.79 Å². The van der Waals surface area contributed by atoms with Crippen LogP contribution >= 0.6 is 0 Å². The summed E-state index contributed by atoms with van der Waals surface area (Å²) in [5.74, 6) is 0.353. The Kier molecular flexibility index (Phi) is 5.72. The predicted octanol–water partition coefficient (Wildman–Crippen LogP) is 3.66. The quantitative estimate of drug-likeness (QED) is 0.584. The van der Waals surface area contributed by atoms with Crippen LogP contribution < -0.4 is 5.32 Å². The first-order chi connectivity index (χ1) is 11.7. The maximum absolute atomic E-state index is 12.5. The number of hydrogen-bond acceptors (Lipinski definition) is 2. The molecule has 1 amide bonds. The van der Waals surface area contributed by atoms with Gasteiger partial charge in [0, 0.05) is 31.0 Å². The van der Waals surface area contributed by atoms with Crippen LogP contribution in [0.2, 0.25) is 0 Å². The van der Waals surface area contributed by atoms with Crippen LogP contribution in [0.15, 0.2) is 43.0 Å². The van der Waals surface area contributed by atoms with Crippen molar-refractivity contribution >= 4 is 5.91 Å². The molecular weight excluding hydrogens is 296 g/mol. The molecule has 1 N–H and O–H groups in total. The fourth-order valence-corrected chi connectivity index (χ4v) is 4.49. The van der Waals surface area contributed by atoms with Gasteiger partial charge in [-0.25, -0.2) is 0 Å². The number of nitrogens with one attached hydrogen (secondary N) is 1. The van der Waals surface area contributed by atoms with Crippen LogP contribution in [0.5, 0.6) is 0 Å². The topological polar surface area (TPSA) is 32.3 Å². The molecule has 1 aliphatic carbocycles. The number of benzene rings is 1. The first kappa shape index (κ1) is 17.2. The van der Waals surface area contributed by atoms with Crippen LogP contribution in [-0.2, 0) is 10.2 Å². The summed E-state index contributed by atoms with van der Waals surface area (Å²) in [6, 6.07) is 11.3. The molecule has 0 unspecified atom stereocenters. The average molecular weight is 326 g/mol. The molecule has 2 fully saturated rings. The third-order valence-corrected chi connectivity index (χ3v) is 5.82. The van der Waals surface area contributed by atoms with Gasteiger partial charge in [-0.3, -0.25) is 4.79 Å². The molecular formula is C21H30N2O. The van der Waals surface area contributed by atoms with Gasteiger partial charge >= 0.3 is 0 Å². The number of carbonyl (C=O) groups is 1. The van der Waals surface area contributed by atoms with E-state index < -0.39 is 0 Å². The van der Waals surface area contributed by atoms with Gasteiger partial charge < -0.3 is 10.2 Å². The molecule has 0 bridgehead atoms. The molecule has 1 aromatic rings. The monoisotopic (exact) mass is 326 g/mol. The van der Waals surface area contributed by atoms with Gasteiger partial charge in [0.1, 0.15) is 0 Å². The standard InChI is InChI=1S/C21H30N2O/c1-2-15-22-16-12-19-10-11-20(24)23(19)17-21(13-6-7-14-21)18-8-4-3-5-9-18/h2-5,8-9,19,22H,1,6-7,10-17H2/t19-/m1/s1. The largest absolute Gasteiger partial charge is 0.339 e. The van der Waals surface area contributed by atoms with Crippen LogP contribution in [-0.4, -0.2) is 36.5 Å². The summed E-state index contributed by atoms with van der Waals surface area (Å²) < 4.78 is 0. The van der Waals surface area contributed by atoms with Crippen molar-refractivity contribution in [1.29, 1.82) is 0 Å². The van der Waals surface area contributed by atoms with E-state index in [1.54, 1.807) is 0 Å². The molecule has 130 valence electrons. The van der Waals surface area contributed by atoms with Crippen molar-refractivity contribution in [3.63, 3.8) is 0 Å². The van der Waals surface area contributed by atoms with Gasteiger partial charge in [-0.2, -0.15) is 0 Å². The van der Waals surface area contributed by atoms with Gasteiger partial charge in [0.15, 0.2) is 0 Å². The van der Waals surface area contributed by atoms with E-state index in [1.165, 1.54) is 31.2 Å². The number of rotatable bonds is 8. The summed E-state index contributed by atoms with van der Waals surface area (Å²) in [7, 11) is 0. The van der Waals surface area contributed by atoms with Crippen molar-refractivity contribution in [3.05, 3.63) is 48.6 Å². The summed E-state index contributed by atoms with van der Waals surface area (Å²) in [6.45, 7) is 6.44. The molecule has 0 spiro atoms. The zero-order chi connectivity index (χ0) is 16.8. The highest BCUT2D eigenvalue weighted by molar-refractivity contribution is 5.79. The Morgan fingerprint density at radius 3 is 2.71 bits per heavy atom. The van der Waals surface area contributed by atoms with E-state index in [0.717, 1.165) is 38.9 Å². The van der Waals surface area contributed by atoms with Gasteiger partial charge in [0.2, 0.25) is 5.91 Å². The van der Waals surface area contributed by atoms with Crippen molar-refractivity contribution in [3.8, 4) is 0 Å². The molecule has 2 aliphatic rings. The predicted molar refractivity (Wildman–Crippen MR) is 99.0 cm³/mol. The minimum absolute atomic E-state index is 0.175. The molecule has 1 heterocycles. The van der Waals surface area contributed by atoms with E-state index in [2.05, 4.69) is 47.1 Å². The second-order valence-corrected chi connectivity index (χ2v) is 7.35. The van der Waals surface area contributed by atoms with E-state index in [-0.39, 0.29) is 5.41 Å². The molecule has 0 aromatic heterocycles. The van der Waals surface area contributed by atoms with Crippen LogP contribution in [0, 0.1) is 0 Å². The lowest BCUT2D eigenvalue weighted by molar-refractivity contribution is -0.129. The van der Waals surface area contributed by atoms with Gasteiger partial charge in [-0.1, -0.05) is 49.2 Å². The van der Waals surface area contributed by atoms with Crippen LogP contribution in [0.4, 0.5) is 0 Å². The molecule has 1 aromatic carbocycles. The van der Waals surface area contributed by atoms with Crippen molar-refractivity contribution in [1.82, 2.24) is 10.2 Å². The highest BCUT2D eigenvalue weighted by Gasteiger charge is 2.41. The van der Waals surface area contributed by atoms with Gasteiger partial charge in [-0.15, -0.1) is 6.58 Å². The lowest BCUT2D eigenvalue weighted by atomic mass is 9.78. The molecule has 3 heteroatoms. The number of likely N-dealkylation sites (tertiary alicyclic amines) is 1. The SMILES string of the molecule is C=CCNCC[C@H]1CCC(=O)N1CC1(c2ccccc2)CCCC1. The lowest BCUT2D eigenvalue weighted by Crippen LogP contribution is -2.44. The Bertz CT molecular complexity index is 548. The van der Waals surface area contributed by atoms with Crippen LogP contribution in [0.1, 0.15) is 50.5 Å². The minimum atomic E-state index is 0.175. The van der Waals surface area contributed by atoms with E-state index >= 15 is 0 Å². The third-order valence-electron chi connectivity index (χ3n) is 5.82. The number of amides is 1. The Labute approximate surface area is 146 Å². The fraction of sp³-hybridized carbons (Fsp3) is 0.571. The molecule has 24 heavy (non-hydrogen) atoms. The van der Waals surface area contributed by atoms with Gasteiger partial charge in [-0.05, 0) is 37.8 Å². The summed E-state index contributed by atoms with van der Waals surface area (Å²) in [6.07, 6.45) is 9.65. The van der Waals surface area contributed by atoms with E-state index in [0.29, 0.717) is 11.9 Å². The summed E-state index contributed by atoms with van der Waals surface area (Å²) >= 11 is 0. The molecule has 0 radical (unpaired) electrons. The minimum Gasteiger partial charge on any atom is -0.339 e. The fourth-order valence-electron chi connectivity index (χ4n) is 4.49. The smallest absolute Gasteiger partial charge is 0.222 e. The van der Waals surface area contributed by atoms with Gasteiger partial charge in [0.05, 0.1) is 0 Å². The second kappa shape index (κ2) is 7.98. The Morgan fingerprint density at radius 1 is 1.25 bits per heavy atom. The molecule has 3 rings (SSSR count). The first-order valence-electron chi connectivity index (χ1n) is 9.42. The maximum atomic E-state index is 12.5. The average Bonchev–Trinajstić information content (AvgIpc) is 3.22. The van der Waals surface area contributed by atoms with Crippen LogP contribution in [0.25, 0.3) is 0 Å². The number of hydrogen-bond donors (Lipinski definition) is 1. The summed E-state index contributed by atoms with van der Waals surface area (Å²) in [4.78, 5) is 14.7. The van der Waals surface area contributed by atoms with Crippen molar-refractivity contribution in [2.45, 2.75) is 56.4 Å². The van der Waals surface area contributed by atoms with Crippen molar-refractivity contribution < 1.29 is 4.79 Å². The van der Waals surface area contributed by atoms with E-state index in [1.807, 2.05) is 6.08 Å². The molecule has 1 saturated carbocycles. The van der Waals surface area contributed by atoms with Gasteiger partial charge in [0.25, 0.3) is 0 Å². The zero-order valence-electron chi connectivity index (χ0n) is 14.7. The van der Waals surface area contributed by atoms with Crippen LogP contribution in [0.3, 0.4) is 0 Å². The first-order valence-corrected chi connectivity index (χ1v) is 9.42. The molecule has 3 nitrogen and oxygen atoms in total. The lowest BCUT2D eigenvalue weighted by Gasteiger charge is -2.37.